The quantitative estimate of drug-likeness (QED) is 0.464. The van der Waals surface area contributed by atoms with E-state index in [9.17, 15) is 4.79 Å². The molecule has 0 amide bonds. The van der Waals surface area contributed by atoms with Crippen LogP contribution in [-0.4, -0.2) is 44.2 Å². The second-order valence-corrected chi connectivity index (χ2v) is 8.38. The van der Waals surface area contributed by atoms with Crippen molar-refractivity contribution in [3.05, 3.63) is 64.7 Å². The maximum absolute atomic E-state index is 11.8. The van der Waals surface area contributed by atoms with E-state index in [2.05, 4.69) is 44.7 Å². The molecular weight excluding hydrogens is 418 g/mol. The molecule has 1 fully saturated rings. The minimum absolute atomic E-state index is 0.100. The number of carbonyl (C=O) groups is 1. The lowest BCUT2D eigenvalue weighted by molar-refractivity contribution is -0.140. The first-order valence-corrected chi connectivity index (χ1v) is 10.9. The van der Waals surface area contributed by atoms with Crippen LogP contribution in [-0.2, 0) is 9.53 Å². The number of nitrogens with zero attached hydrogens (tertiary/aromatic N) is 4. The van der Waals surface area contributed by atoms with Gasteiger partial charge in [-0.3, -0.25) is 14.3 Å². The number of ether oxygens (including phenoxy) is 1. The highest BCUT2D eigenvalue weighted by Gasteiger charge is 2.41. The zero-order valence-electron chi connectivity index (χ0n) is 17.0. The van der Waals surface area contributed by atoms with E-state index in [0.29, 0.717) is 11.7 Å². The Bertz CT molecular complexity index is 1050. The number of thiocarbonyl (C=S) groups is 1. The fourth-order valence-electron chi connectivity index (χ4n) is 4.01. The third-order valence-electron chi connectivity index (χ3n) is 5.38. The molecule has 3 aromatic heterocycles. The van der Waals surface area contributed by atoms with Gasteiger partial charge in [-0.25, -0.2) is 4.98 Å². The number of aryl methyl sites for hydroxylation is 1. The average molecular weight is 442 g/mol. The number of pyridine rings is 1. The normalized spacial score (nSPS) is 18.5. The fraction of sp³-hybridized carbons (Fsp3) is 0.333. The van der Waals surface area contributed by atoms with Gasteiger partial charge in [0.25, 0.3) is 0 Å². The zero-order chi connectivity index (χ0) is 21.3. The molecule has 4 rings (SSSR count). The van der Waals surface area contributed by atoms with Crippen LogP contribution in [0.15, 0.2) is 42.0 Å². The van der Waals surface area contributed by atoms with E-state index in [0.717, 1.165) is 27.8 Å². The highest BCUT2D eigenvalue weighted by atomic mass is 32.1. The molecule has 4 heterocycles. The van der Waals surface area contributed by atoms with E-state index in [1.54, 1.807) is 17.5 Å². The first-order chi connectivity index (χ1) is 14.5. The van der Waals surface area contributed by atoms with Gasteiger partial charge in [-0.15, -0.1) is 11.3 Å². The SMILES string of the molecule is COC(=O)CCN1C(=S)N[C@@H](c2ccccn2)[C@H]1c1cc(C)n(-c2nccs2)c1C. The molecule has 2 atom stereocenters. The summed E-state index contributed by atoms with van der Waals surface area (Å²) in [6.07, 6.45) is 3.85. The summed E-state index contributed by atoms with van der Waals surface area (Å²) in [5, 5.41) is 6.93. The zero-order valence-corrected chi connectivity index (χ0v) is 18.7. The molecule has 156 valence electrons. The minimum Gasteiger partial charge on any atom is -0.469 e. The summed E-state index contributed by atoms with van der Waals surface area (Å²) in [6.45, 7) is 4.64. The molecule has 0 aromatic carbocycles. The van der Waals surface area contributed by atoms with Gasteiger partial charge in [0.1, 0.15) is 0 Å². The second kappa shape index (κ2) is 8.53. The van der Waals surface area contributed by atoms with Crippen molar-refractivity contribution in [3.8, 4) is 5.13 Å². The van der Waals surface area contributed by atoms with Crippen molar-refractivity contribution in [1.82, 2.24) is 24.8 Å². The Hall–Kier alpha value is -2.78. The molecule has 0 aliphatic carbocycles. The molecule has 3 aromatic rings. The Morgan fingerprint density at radius 1 is 1.30 bits per heavy atom. The Balaban J connectivity index is 1.78. The van der Waals surface area contributed by atoms with Crippen LogP contribution in [0.2, 0.25) is 0 Å². The van der Waals surface area contributed by atoms with Gasteiger partial charge in [0.15, 0.2) is 10.2 Å². The monoisotopic (exact) mass is 441 g/mol. The first kappa shape index (κ1) is 20.5. The van der Waals surface area contributed by atoms with E-state index < -0.39 is 0 Å². The molecule has 0 spiro atoms. The van der Waals surface area contributed by atoms with Gasteiger partial charge in [-0.05, 0) is 49.8 Å². The van der Waals surface area contributed by atoms with E-state index in [1.165, 1.54) is 7.11 Å². The Kier molecular flexibility index (Phi) is 5.83. The third-order valence-corrected chi connectivity index (χ3v) is 6.49. The maximum atomic E-state index is 11.8. The molecule has 9 heteroatoms. The molecule has 0 saturated carbocycles. The number of carbonyl (C=O) groups excluding carboxylic acids is 1. The lowest BCUT2D eigenvalue weighted by Crippen LogP contribution is -2.32. The number of esters is 1. The molecule has 30 heavy (non-hydrogen) atoms. The molecule has 1 saturated heterocycles. The van der Waals surface area contributed by atoms with Crippen molar-refractivity contribution in [1.29, 1.82) is 0 Å². The van der Waals surface area contributed by atoms with Crippen LogP contribution in [0, 0.1) is 13.8 Å². The minimum atomic E-state index is -0.258. The number of rotatable bonds is 6. The second-order valence-electron chi connectivity index (χ2n) is 7.12. The van der Waals surface area contributed by atoms with Crippen LogP contribution in [0.4, 0.5) is 0 Å². The molecule has 7 nitrogen and oxygen atoms in total. The standard InChI is InChI=1S/C21H23N5O2S2/c1-13-12-15(14(2)26(13)21-23-9-11-30-21)19-18(16-6-4-5-8-22-16)24-20(29)25(19)10-7-17(27)28-3/h4-6,8-9,11-12,18-19H,7,10H2,1-3H3,(H,24,29)/t18-,19+/m0/s1. The highest BCUT2D eigenvalue weighted by molar-refractivity contribution is 7.80. The summed E-state index contributed by atoms with van der Waals surface area (Å²) in [5.74, 6) is -0.258. The highest BCUT2D eigenvalue weighted by Crippen LogP contribution is 2.41. The Morgan fingerprint density at radius 3 is 2.80 bits per heavy atom. The molecule has 1 N–H and O–H groups in total. The molecule has 1 aliphatic heterocycles. The lowest BCUT2D eigenvalue weighted by atomic mass is 9.96. The summed E-state index contributed by atoms with van der Waals surface area (Å²) < 4.78 is 7.00. The predicted molar refractivity (Wildman–Crippen MR) is 120 cm³/mol. The largest absolute Gasteiger partial charge is 0.469 e. The van der Waals surface area contributed by atoms with E-state index >= 15 is 0 Å². The number of aromatic nitrogens is 3. The summed E-state index contributed by atoms with van der Waals surface area (Å²) in [6, 6.07) is 7.82. The molecule has 0 radical (unpaired) electrons. The van der Waals surface area contributed by atoms with Crippen molar-refractivity contribution in [3.63, 3.8) is 0 Å². The van der Waals surface area contributed by atoms with Gasteiger partial charge in [-0.2, -0.15) is 0 Å². The van der Waals surface area contributed by atoms with Gasteiger partial charge in [0.2, 0.25) is 0 Å². The molecular formula is C21H23N5O2S2. The smallest absolute Gasteiger partial charge is 0.307 e. The Labute approximate surface area is 184 Å². The van der Waals surface area contributed by atoms with Crippen molar-refractivity contribution >= 4 is 34.6 Å². The number of hydrogen-bond donors (Lipinski definition) is 1. The number of methoxy groups -OCH3 is 1. The van der Waals surface area contributed by atoms with Crippen LogP contribution >= 0.6 is 23.6 Å². The van der Waals surface area contributed by atoms with Crippen molar-refractivity contribution in [2.24, 2.45) is 0 Å². The number of hydrogen-bond acceptors (Lipinski definition) is 6. The van der Waals surface area contributed by atoms with Gasteiger partial charge in [0, 0.05) is 35.7 Å². The topological polar surface area (TPSA) is 72.3 Å². The van der Waals surface area contributed by atoms with E-state index in [4.69, 9.17) is 17.0 Å². The van der Waals surface area contributed by atoms with Gasteiger partial charge in [0.05, 0.1) is 31.3 Å². The fourth-order valence-corrected chi connectivity index (χ4v) is 5.09. The summed E-state index contributed by atoms with van der Waals surface area (Å²) in [7, 11) is 1.40. The molecule has 0 unspecified atom stereocenters. The van der Waals surface area contributed by atoms with Gasteiger partial charge < -0.3 is 15.0 Å². The molecule has 0 bridgehead atoms. The number of thiazole rings is 1. The predicted octanol–water partition coefficient (Wildman–Crippen LogP) is 3.48. The Morgan fingerprint density at radius 2 is 2.13 bits per heavy atom. The van der Waals surface area contributed by atoms with Crippen LogP contribution in [0.5, 0.6) is 0 Å². The summed E-state index contributed by atoms with van der Waals surface area (Å²) >= 11 is 7.26. The molecule has 1 aliphatic rings. The van der Waals surface area contributed by atoms with E-state index in [-0.39, 0.29) is 24.5 Å². The van der Waals surface area contributed by atoms with Crippen molar-refractivity contribution in [2.75, 3.05) is 13.7 Å². The van der Waals surface area contributed by atoms with Crippen LogP contribution in [0.25, 0.3) is 5.13 Å². The van der Waals surface area contributed by atoms with Crippen LogP contribution < -0.4 is 5.32 Å². The first-order valence-electron chi connectivity index (χ1n) is 9.65. The summed E-state index contributed by atoms with van der Waals surface area (Å²) in [4.78, 5) is 22.9. The number of nitrogens with one attached hydrogen (secondary N) is 1. The van der Waals surface area contributed by atoms with Gasteiger partial charge in [-0.1, -0.05) is 6.07 Å². The van der Waals surface area contributed by atoms with Crippen molar-refractivity contribution < 1.29 is 9.53 Å². The lowest BCUT2D eigenvalue weighted by Gasteiger charge is -2.27. The van der Waals surface area contributed by atoms with Crippen LogP contribution in [0.3, 0.4) is 0 Å². The average Bonchev–Trinajstić information content (AvgIpc) is 3.45. The maximum Gasteiger partial charge on any atom is 0.307 e. The summed E-state index contributed by atoms with van der Waals surface area (Å²) in [5.41, 5.74) is 4.24. The van der Waals surface area contributed by atoms with Crippen LogP contribution in [0.1, 0.15) is 41.1 Å². The van der Waals surface area contributed by atoms with E-state index in [1.807, 2.05) is 29.8 Å². The third kappa shape index (κ3) is 3.70. The van der Waals surface area contributed by atoms with Crippen molar-refractivity contribution in [2.45, 2.75) is 32.4 Å². The van der Waals surface area contributed by atoms with Gasteiger partial charge >= 0.3 is 5.97 Å².